The number of aryl methyl sites for hydroxylation is 1. The molecule has 2 aromatic rings. The molecule has 20 heavy (non-hydrogen) atoms. The molecule has 0 saturated carbocycles. The van der Waals surface area contributed by atoms with E-state index in [1.54, 1.807) is 54.6 Å². The quantitative estimate of drug-likeness (QED) is 0.812. The van der Waals surface area contributed by atoms with Crippen LogP contribution < -0.4 is 0 Å². The molecule has 0 aliphatic heterocycles. The number of sulfone groups is 1. The van der Waals surface area contributed by atoms with E-state index in [0.717, 1.165) is 11.6 Å². The van der Waals surface area contributed by atoms with Gasteiger partial charge in [0.1, 0.15) is 0 Å². The Balaban J connectivity index is 2.58. The second kappa shape index (κ2) is 5.72. The smallest absolute Gasteiger partial charge is 0.207 e. The maximum Gasteiger partial charge on any atom is 0.207 e. The van der Waals surface area contributed by atoms with Gasteiger partial charge in [-0.25, -0.2) is 8.42 Å². The first-order valence-corrected chi connectivity index (χ1v) is 7.51. The second-order valence-corrected chi connectivity index (χ2v) is 6.24. The van der Waals surface area contributed by atoms with E-state index < -0.39 is 9.84 Å². The van der Waals surface area contributed by atoms with Gasteiger partial charge in [0.05, 0.1) is 15.9 Å². The van der Waals surface area contributed by atoms with Gasteiger partial charge in [-0.1, -0.05) is 48.0 Å². The van der Waals surface area contributed by atoms with Crippen molar-refractivity contribution in [3.05, 3.63) is 71.8 Å². The van der Waals surface area contributed by atoms with Crippen LogP contribution in [0, 0.1) is 18.3 Å². The van der Waals surface area contributed by atoms with Gasteiger partial charge in [0.25, 0.3) is 0 Å². The fourth-order valence-electron chi connectivity index (χ4n) is 1.82. The first-order valence-electron chi connectivity index (χ1n) is 6.02. The Labute approximate surface area is 118 Å². The van der Waals surface area contributed by atoms with Crippen molar-refractivity contribution in [1.29, 1.82) is 5.26 Å². The van der Waals surface area contributed by atoms with E-state index in [9.17, 15) is 8.42 Å². The lowest BCUT2D eigenvalue weighted by molar-refractivity contribution is 0.606. The highest BCUT2D eigenvalue weighted by Gasteiger charge is 2.21. The monoisotopic (exact) mass is 283 g/mol. The van der Waals surface area contributed by atoms with Crippen LogP contribution in [0.4, 0.5) is 0 Å². The van der Waals surface area contributed by atoms with Crippen LogP contribution >= 0.6 is 0 Å². The first kappa shape index (κ1) is 14.0. The van der Waals surface area contributed by atoms with Crippen molar-refractivity contribution in [2.75, 3.05) is 0 Å². The first-order chi connectivity index (χ1) is 9.55. The minimum absolute atomic E-state index is 0.0180. The number of allylic oxidation sites excluding steroid dienone is 1. The molecule has 2 rings (SSSR count). The van der Waals surface area contributed by atoms with Crippen LogP contribution in [-0.4, -0.2) is 8.42 Å². The summed E-state index contributed by atoms with van der Waals surface area (Å²) in [7, 11) is -3.69. The molecule has 0 aromatic heterocycles. The lowest BCUT2D eigenvalue weighted by atomic mass is 10.2. The molecule has 100 valence electrons. The standard InChI is InChI=1S/C16H13NO2S/c1-13-7-9-15(10-8-13)20(18,19)16(11-12-17)14-5-3-2-4-6-14/h2-11H,1H3. The Kier molecular flexibility index (Phi) is 4.02. The molecule has 3 nitrogen and oxygen atoms in total. The number of hydrogen-bond acceptors (Lipinski definition) is 3. The van der Waals surface area contributed by atoms with Gasteiger partial charge in [-0.15, -0.1) is 0 Å². The van der Waals surface area contributed by atoms with Gasteiger partial charge < -0.3 is 0 Å². The number of hydrogen-bond donors (Lipinski definition) is 0. The summed E-state index contributed by atoms with van der Waals surface area (Å²) in [6, 6.07) is 17.0. The van der Waals surface area contributed by atoms with Crippen LogP contribution in [0.2, 0.25) is 0 Å². The summed E-state index contributed by atoms with van der Waals surface area (Å²) >= 11 is 0. The van der Waals surface area contributed by atoms with E-state index in [-0.39, 0.29) is 9.80 Å². The highest BCUT2D eigenvalue weighted by molar-refractivity contribution is 8.00. The van der Waals surface area contributed by atoms with E-state index in [0.29, 0.717) is 5.56 Å². The summed E-state index contributed by atoms with van der Waals surface area (Å²) < 4.78 is 25.2. The summed E-state index contributed by atoms with van der Waals surface area (Å²) in [5.74, 6) is 0. The highest BCUT2D eigenvalue weighted by Crippen LogP contribution is 2.27. The predicted molar refractivity (Wildman–Crippen MR) is 78.4 cm³/mol. The van der Waals surface area contributed by atoms with Crippen LogP contribution in [-0.2, 0) is 9.84 Å². The number of nitrogens with zero attached hydrogens (tertiary/aromatic N) is 1. The summed E-state index contributed by atoms with van der Waals surface area (Å²) in [6.45, 7) is 1.89. The third-order valence-corrected chi connectivity index (χ3v) is 4.70. The molecular weight excluding hydrogens is 270 g/mol. The van der Waals surface area contributed by atoms with Crippen molar-refractivity contribution >= 4 is 14.7 Å². The molecule has 0 aliphatic rings. The molecule has 0 fully saturated rings. The Bertz CT molecular complexity index is 767. The predicted octanol–water partition coefficient (Wildman–Crippen LogP) is 3.33. The van der Waals surface area contributed by atoms with Gasteiger partial charge in [0.2, 0.25) is 9.84 Å². The van der Waals surface area contributed by atoms with Gasteiger partial charge in [-0.05, 0) is 24.6 Å². The van der Waals surface area contributed by atoms with Crippen molar-refractivity contribution < 1.29 is 8.42 Å². The zero-order valence-electron chi connectivity index (χ0n) is 10.9. The summed E-state index contributed by atoms with van der Waals surface area (Å²) in [6.07, 6.45) is 1.07. The van der Waals surface area contributed by atoms with E-state index in [4.69, 9.17) is 5.26 Å². The van der Waals surface area contributed by atoms with Crippen molar-refractivity contribution in [2.24, 2.45) is 0 Å². The molecule has 0 bridgehead atoms. The van der Waals surface area contributed by atoms with Crippen LogP contribution in [0.1, 0.15) is 11.1 Å². The summed E-state index contributed by atoms with van der Waals surface area (Å²) in [5, 5.41) is 8.86. The van der Waals surface area contributed by atoms with E-state index in [1.807, 2.05) is 13.0 Å². The van der Waals surface area contributed by atoms with Gasteiger partial charge in [0, 0.05) is 6.08 Å². The van der Waals surface area contributed by atoms with Crippen molar-refractivity contribution in [1.82, 2.24) is 0 Å². The van der Waals surface area contributed by atoms with Crippen molar-refractivity contribution in [3.63, 3.8) is 0 Å². The molecule has 0 saturated heterocycles. The molecule has 0 aliphatic carbocycles. The minimum atomic E-state index is -3.69. The maximum absolute atomic E-state index is 12.6. The average molecular weight is 283 g/mol. The van der Waals surface area contributed by atoms with Crippen LogP contribution in [0.15, 0.2) is 65.6 Å². The molecule has 0 radical (unpaired) electrons. The Morgan fingerprint density at radius 1 is 1.05 bits per heavy atom. The Morgan fingerprint density at radius 3 is 2.20 bits per heavy atom. The van der Waals surface area contributed by atoms with Crippen LogP contribution in [0.5, 0.6) is 0 Å². The molecular formula is C16H13NO2S. The van der Waals surface area contributed by atoms with E-state index in [2.05, 4.69) is 0 Å². The van der Waals surface area contributed by atoms with Crippen molar-refractivity contribution in [2.45, 2.75) is 11.8 Å². The Morgan fingerprint density at radius 2 is 1.65 bits per heavy atom. The normalized spacial score (nSPS) is 11.9. The van der Waals surface area contributed by atoms with E-state index in [1.165, 1.54) is 0 Å². The number of nitriles is 1. The fourth-order valence-corrected chi connectivity index (χ4v) is 3.22. The second-order valence-electron chi connectivity index (χ2n) is 4.32. The third kappa shape index (κ3) is 2.79. The molecule has 0 N–H and O–H groups in total. The molecule has 0 heterocycles. The van der Waals surface area contributed by atoms with Gasteiger partial charge in [-0.2, -0.15) is 5.26 Å². The van der Waals surface area contributed by atoms with E-state index >= 15 is 0 Å². The largest absolute Gasteiger partial charge is 0.218 e. The topological polar surface area (TPSA) is 57.9 Å². The lowest BCUT2D eigenvalue weighted by Crippen LogP contribution is -2.04. The van der Waals surface area contributed by atoms with Gasteiger partial charge in [0.15, 0.2) is 0 Å². The molecule has 4 heteroatoms. The van der Waals surface area contributed by atoms with Crippen LogP contribution in [0.25, 0.3) is 4.91 Å². The Hall–Kier alpha value is -2.38. The fraction of sp³-hybridized carbons (Fsp3) is 0.0625. The molecule has 0 spiro atoms. The third-order valence-electron chi connectivity index (χ3n) is 2.87. The number of benzene rings is 2. The minimum Gasteiger partial charge on any atom is -0.218 e. The molecule has 0 amide bonds. The average Bonchev–Trinajstić information content (AvgIpc) is 2.46. The summed E-state index contributed by atoms with van der Waals surface area (Å²) in [4.78, 5) is 0.206. The molecule has 0 atom stereocenters. The zero-order chi connectivity index (χ0) is 14.6. The molecule has 2 aromatic carbocycles. The van der Waals surface area contributed by atoms with Crippen molar-refractivity contribution in [3.8, 4) is 6.07 Å². The zero-order valence-corrected chi connectivity index (χ0v) is 11.8. The van der Waals surface area contributed by atoms with Gasteiger partial charge in [-0.3, -0.25) is 0 Å². The number of rotatable bonds is 3. The SMILES string of the molecule is Cc1ccc(S(=O)(=O)C(=CC#N)c2ccccc2)cc1. The van der Waals surface area contributed by atoms with Crippen LogP contribution in [0.3, 0.4) is 0 Å². The lowest BCUT2D eigenvalue weighted by Gasteiger charge is -2.08. The molecule has 0 unspecified atom stereocenters. The maximum atomic E-state index is 12.6. The summed E-state index contributed by atoms with van der Waals surface area (Å²) in [5.41, 5.74) is 1.49. The van der Waals surface area contributed by atoms with Gasteiger partial charge >= 0.3 is 0 Å². The highest BCUT2D eigenvalue weighted by atomic mass is 32.2.